The van der Waals surface area contributed by atoms with Gasteiger partial charge in [-0.15, -0.1) is 0 Å². The number of rotatable bonds is 6. The summed E-state index contributed by atoms with van der Waals surface area (Å²) >= 11 is 0. The van der Waals surface area contributed by atoms with Crippen LogP contribution >= 0.6 is 0 Å². The number of aliphatic hydroxyl groups excluding tert-OH is 1. The maximum atomic E-state index is 10.3. The molecule has 1 heterocycles. The van der Waals surface area contributed by atoms with Gasteiger partial charge in [0.25, 0.3) is 0 Å². The normalized spacial score (nSPS) is 23.7. The van der Waals surface area contributed by atoms with E-state index in [4.69, 9.17) is 4.74 Å². The fourth-order valence-electron chi connectivity index (χ4n) is 4.30. The lowest BCUT2D eigenvalue weighted by atomic mass is 10.0. The maximum Gasteiger partial charge on any atom is 0.162 e. The van der Waals surface area contributed by atoms with Crippen molar-refractivity contribution in [2.45, 2.75) is 50.7 Å². The Hall–Kier alpha value is -1.30. The molecule has 2 aliphatic rings. The molecule has 1 aliphatic heterocycles. The average molecular weight is 334 g/mol. The zero-order chi connectivity index (χ0) is 16.9. The van der Waals surface area contributed by atoms with Gasteiger partial charge in [-0.3, -0.25) is 9.80 Å². The molecule has 1 aromatic rings. The molecular weight excluding hydrogens is 304 g/mol. The van der Waals surface area contributed by atoms with Gasteiger partial charge < -0.3 is 14.9 Å². The van der Waals surface area contributed by atoms with Gasteiger partial charge in [0, 0.05) is 50.4 Å². The van der Waals surface area contributed by atoms with Gasteiger partial charge >= 0.3 is 0 Å². The van der Waals surface area contributed by atoms with Crippen LogP contribution in [0.5, 0.6) is 11.5 Å². The van der Waals surface area contributed by atoms with Gasteiger partial charge in [0.2, 0.25) is 0 Å². The Morgan fingerprint density at radius 1 is 1.21 bits per heavy atom. The van der Waals surface area contributed by atoms with Gasteiger partial charge in [0.1, 0.15) is 0 Å². The van der Waals surface area contributed by atoms with Crippen molar-refractivity contribution < 1.29 is 14.9 Å². The van der Waals surface area contributed by atoms with E-state index in [1.54, 1.807) is 13.2 Å². The Kier molecular flexibility index (Phi) is 5.98. The van der Waals surface area contributed by atoms with E-state index < -0.39 is 0 Å². The number of hydrogen-bond acceptors (Lipinski definition) is 5. The van der Waals surface area contributed by atoms with E-state index in [2.05, 4.69) is 9.80 Å². The number of nitrogens with zero attached hydrogens (tertiary/aromatic N) is 2. The van der Waals surface area contributed by atoms with Crippen LogP contribution in [0.15, 0.2) is 18.2 Å². The van der Waals surface area contributed by atoms with Crippen LogP contribution in [0.25, 0.3) is 0 Å². The van der Waals surface area contributed by atoms with Crippen molar-refractivity contribution >= 4 is 0 Å². The van der Waals surface area contributed by atoms with Crippen molar-refractivity contribution in [3.8, 4) is 11.5 Å². The molecule has 134 valence electrons. The number of ether oxygens (including phenoxy) is 1. The van der Waals surface area contributed by atoms with Gasteiger partial charge in [-0.05, 0) is 25.3 Å². The molecule has 0 bridgehead atoms. The Bertz CT molecular complexity index is 531. The summed E-state index contributed by atoms with van der Waals surface area (Å²) in [4.78, 5) is 5.02. The zero-order valence-electron chi connectivity index (χ0n) is 14.7. The highest BCUT2D eigenvalue weighted by Crippen LogP contribution is 2.32. The van der Waals surface area contributed by atoms with Crippen molar-refractivity contribution in [1.82, 2.24) is 9.80 Å². The number of methoxy groups -OCH3 is 1. The van der Waals surface area contributed by atoms with Crippen molar-refractivity contribution in [2.75, 3.05) is 33.4 Å². The number of phenolic OH excluding ortho intramolecular Hbond substituents is 1. The van der Waals surface area contributed by atoms with E-state index in [1.165, 1.54) is 25.7 Å². The summed E-state index contributed by atoms with van der Waals surface area (Å²) in [5.74, 6) is 0.779. The van der Waals surface area contributed by atoms with Crippen LogP contribution in [0.2, 0.25) is 0 Å². The Morgan fingerprint density at radius 2 is 2.00 bits per heavy atom. The number of phenols is 1. The van der Waals surface area contributed by atoms with Gasteiger partial charge in [-0.25, -0.2) is 0 Å². The summed E-state index contributed by atoms with van der Waals surface area (Å²) in [5, 5.41) is 19.8. The molecule has 1 unspecified atom stereocenters. The molecule has 0 amide bonds. The van der Waals surface area contributed by atoms with Crippen molar-refractivity contribution in [2.24, 2.45) is 0 Å². The van der Waals surface area contributed by atoms with E-state index in [0.717, 1.165) is 38.2 Å². The fourth-order valence-corrected chi connectivity index (χ4v) is 4.30. The monoisotopic (exact) mass is 334 g/mol. The molecule has 1 saturated heterocycles. The van der Waals surface area contributed by atoms with Crippen LogP contribution in [0.1, 0.15) is 37.7 Å². The molecule has 5 heteroatoms. The predicted molar refractivity (Wildman–Crippen MR) is 94.4 cm³/mol. The first-order chi connectivity index (χ1) is 11.7. The number of para-hydroxylation sites is 1. The molecule has 1 saturated carbocycles. The van der Waals surface area contributed by atoms with Crippen molar-refractivity contribution in [3.05, 3.63) is 23.8 Å². The molecule has 1 aliphatic carbocycles. The van der Waals surface area contributed by atoms with Gasteiger partial charge in [-0.2, -0.15) is 0 Å². The van der Waals surface area contributed by atoms with E-state index in [0.29, 0.717) is 17.8 Å². The van der Waals surface area contributed by atoms with E-state index >= 15 is 0 Å². The SMILES string of the molecule is COc1cccc(CN2CCN(C3CCCC3)C(CCO)C2)c1O. The molecule has 1 aromatic carbocycles. The van der Waals surface area contributed by atoms with Crippen LogP contribution in [0.4, 0.5) is 0 Å². The molecule has 3 rings (SSSR count). The van der Waals surface area contributed by atoms with E-state index in [-0.39, 0.29) is 12.4 Å². The fraction of sp³-hybridized carbons (Fsp3) is 0.684. The summed E-state index contributed by atoms with van der Waals surface area (Å²) in [5.41, 5.74) is 0.909. The Labute approximate surface area is 144 Å². The summed E-state index contributed by atoms with van der Waals surface area (Å²) in [6, 6.07) is 6.79. The van der Waals surface area contributed by atoms with Crippen LogP contribution in [0, 0.1) is 0 Å². The summed E-state index contributed by atoms with van der Waals surface area (Å²) in [6.07, 6.45) is 6.12. The molecule has 2 fully saturated rings. The minimum absolute atomic E-state index is 0.242. The lowest BCUT2D eigenvalue weighted by Gasteiger charge is -2.44. The number of aliphatic hydroxyl groups is 1. The van der Waals surface area contributed by atoms with Crippen LogP contribution in [-0.2, 0) is 6.54 Å². The third kappa shape index (κ3) is 3.85. The van der Waals surface area contributed by atoms with E-state index in [1.807, 2.05) is 12.1 Å². The van der Waals surface area contributed by atoms with Gasteiger partial charge in [0.15, 0.2) is 11.5 Å². The van der Waals surface area contributed by atoms with Crippen LogP contribution in [-0.4, -0.2) is 65.4 Å². The lowest BCUT2D eigenvalue weighted by molar-refractivity contribution is 0.0264. The smallest absolute Gasteiger partial charge is 0.162 e. The molecular formula is C19H30N2O3. The highest BCUT2D eigenvalue weighted by atomic mass is 16.5. The summed E-state index contributed by atoms with van der Waals surface area (Å²) in [7, 11) is 1.58. The third-order valence-corrected chi connectivity index (χ3v) is 5.56. The first kappa shape index (κ1) is 17.5. The average Bonchev–Trinajstić information content (AvgIpc) is 3.12. The van der Waals surface area contributed by atoms with Crippen molar-refractivity contribution in [3.63, 3.8) is 0 Å². The minimum Gasteiger partial charge on any atom is -0.504 e. The maximum absolute atomic E-state index is 10.3. The highest BCUT2D eigenvalue weighted by Gasteiger charge is 2.33. The summed E-state index contributed by atoms with van der Waals surface area (Å²) in [6.45, 7) is 3.98. The van der Waals surface area contributed by atoms with Crippen LogP contribution in [0.3, 0.4) is 0 Å². The molecule has 0 aromatic heterocycles. The first-order valence-corrected chi connectivity index (χ1v) is 9.16. The molecule has 5 nitrogen and oxygen atoms in total. The molecule has 24 heavy (non-hydrogen) atoms. The van der Waals surface area contributed by atoms with Crippen molar-refractivity contribution in [1.29, 1.82) is 0 Å². The molecule has 2 N–H and O–H groups in total. The number of piperazine rings is 1. The second kappa shape index (κ2) is 8.19. The molecule has 0 radical (unpaired) electrons. The standard InChI is InChI=1S/C19H30N2O3/c1-24-18-8-4-5-15(19(18)23)13-20-10-11-21(16-6-2-3-7-16)17(14-20)9-12-22/h4-5,8,16-17,22-23H,2-3,6-7,9-14H2,1H3. The quantitative estimate of drug-likeness (QED) is 0.835. The predicted octanol–water partition coefficient (Wildman–Crippen LogP) is 2.21. The second-order valence-electron chi connectivity index (χ2n) is 7.05. The first-order valence-electron chi connectivity index (χ1n) is 9.16. The highest BCUT2D eigenvalue weighted by molar-refractivity contribution is 5.45. The largest absolute Gasteiger partial charge is 0.504 e. The number of aromatic hydroxyl groups is 1. The third-order valence-electron chi connectivity index (χ3n) is 5.56. The Balaban J connectivity index is 1.66. The zero-order valence-corrected chi connectivity index (χ0v) is 14.7. The Morgan fingerprint density at radius 3 is 2.71 bits per heavy atom. The molecule has 0 spiro atoms. The van der Waals surface area contributed by atoms with Gasteiger partial charge in [0.05, 0.1) is 7.11 Å². The second-order valence-corrected chi connectivity index (χ2v) is 7.05. The lowest BCUT2D eigenvalue weighted by Crippen LogP contribution is -2.56. The van der Waals surface area contributed by atoms with E-state index in [9.17, 15) is 10.2 Å². The minimum atomic E-state index is 0.242. The number of benzene rings is 1. The van der Waals surface area contributed by atoms with Gasteiger partial charge in [-0.1, -0.05) is 25.0 Å². The number of hydrogen-bond donors (Lipinski definition) is 2. The summed E-state index contributed by atoms with van der Waals surface area (Å²) < 4.78 is 5.21. The topological polar surface area (TPSA) is 56.2 Å². The van der Waals surface area contributed by atoms with Crippen LogP contribution < -0.4 is 4.74 Å². The molecule has 1 atom stereocenters.